The van der Waals surface area contributed by atoms with Gasteiger partial charge in [-0.15, -0.1) is 0 Å². The van der Waals surface area contributed by atoms with Gasteiger partial charge in [-0.3, -0.25) is 14.6 Å². The van der Waals surface area contributed by atoms with E-state index in [-0.39, 0.29) is 12.2 Å². The summed E-state index contributed by atoms with van der Waals surface area (Å²) in [6.45, 7) is 0.420. The minimum absolute atomic E-state index is 0.306. The number of carbonyl (C=O) groups excluding carboxylic acids is 2. The summed E-state index contributed by atoms with van der Waals surface area (Å²) in [6.07, 6.45) is 3.37. The highest BCUT2D eigenvalue weighted by Crippen LogP contribution is 2.44. The van der Waals surface area contributed by atoms with Crippen molar-refractivity contribution in [2.75, 3.05) is 11.4 Å². The van der Waals surface area contributed by atoms with Crippen LogP contribution in [0.3, 0.4) is 0 Å². The van der Waals surface area contributed by atoms with E-state index in [1.807, 2.05) is 36.4 Å². The first-order valence-corrected chi connectivity index (χ1v) is 10.1. The van der Waals surface area contributed by atoms with E-state index >= 15 is 0 Å². The summed E-state index contributed by atoms with van der Waals surface area (Å²) in [5.41, 5.74) is 0.713. The third kappa shape index (κ3) is 3.73. The number of Topliss-reactive ketones (excluding diaryl/α,β-unsaturated/α-hetero) is 1. The molecule has 0 aliphatic carbocycles. The highest BCUT2D eigenvalue weighted by atomic mass is 79.9. The number of ketones is 1. The molecular formula is C23H19BrN2O3. The van der Waals surface area contributed by atoms with E-state index in [4.69, 9.17) is 0 Å². The number of amides is 1. The molecular weight excluding hydrogens is 432 g/mol. The van der Waals surface area contributed by atoms with Crippen LogP contribution in [0.1, 0.15) is 27.9 Å². The van der Waals surface area contributed by atoms with Gasteiger partial charge in [-0.25, -0.2) is 0 Å². The van der Waals surface area contributed by atoms with E-state index in [0.717, 1.165) is 10.0 Å². The average molecular weight is 451 g/mol. The molecule has 0 saturated carbocycles. The molecule has 6 heteroatoms. The Kier molecular flexibility index (Phi) is 5.30. The zero-order chi connectivity index (χ0) is 20.4. The summed E-state index contributed by atoms with van der Waals surface area (Å²) in [5.74, 6) is -0.775. The number of hydrogen-bond donors (Lipinski definition) is 1. The monoisotopic (exact) mass is 450 g/mol. The SMILES string of the molecule is O=C(C[C@@]1(O)C(=O)N(CCc2ccccc2)c2ccc(Br)cc21)c1ccncc1. The van der Waals surface area contributed by atoms with E-state index in [9.17, 15) is 14.7 Å². The van der Waals surface area contributed by atoms with Crippen molar-refractivity contribution in [3.8, 4) is 0 Å². The van der Waals surface area contributed by atoms with Crippen molar-refractivity contribution in [3.05, 3.63) is 94.2 Å². The predicted molar refractivity (Wildman–Crippen MR) is 114 cm³/mol. The number of carbonyl (C=O) groups is 2. The smallest absolute Gasteiger partial charge is 0.264 e. The summed E-state index contributed by atoms with van der Waals surface area (Å²) >= 11 is 3.41. The lowest BCUT2D eigenvalue weighted by molar-refractivity contribution is -0.135. The van der Waals surface area contributed by atoms with Gasteiger partial charge in [-0.1, -0.05) is 46.3 Å². The predicted octanol–water partition coefficient (Wildman–Crippen LogP) is 3.89. The number of fused-ring (bicyclic) bond motifs is 1. The van der Waals surface area contributed by atoms with Crippen molar-refractivity contribution in [2.24, 2.45) is 0 Å². The van der Waals surface area contributed by atoms with Gasteiger partial charge in [0.2, 0.25) is 0 Å². The van der Waals surface area contributed by atoms with Crippen molar-refractivity contribution in [1.29, 1.82) is 0 Å². The van der Waals surface area contributed by atoms with Crippen molar-refractivity contribution in [2.45, 2.75) is 18.4 Å². The van der Waals surface area contributed by atoms with Gasteiger partial charge in [0.1, 0.15) is 0 Å². The summed E-state index contributed by atoms with van der Waals surface area (Å²) in [7, 11) is 0. The Hall–Kier alpha value is -2.83. The summed E-state index contributed by atoms with van der Waals surface area (Å²) in [6, 6.07) is 18.4. The molecule has 5 nitrogen and oxygen atoms in total. The van der Waals surface area contributed by atoms with Crippen LogP contribution in [0, 0.1) is 0 Å². The first kappa shape index (κ1) is 19.5. The first-order chi connectivity index (χ1) is 14.0. The molecule has 3 aromatic rings. The first-order valence-electron chi connectivity index (χ1n) is 9.30. The molecule has 1 aliphatic rings. The number of aromatic nitrogens is 1. The maximum absolute atomic E-state index is 13.3. The van der Waals surface area contributed by atoms with Gasteiger partial charge in [-0.2, -0.15) is 0 Å². The minimum Gasteiger partial charge on any atom is -0.375 e. The Labute approximate surface area is 177 Å². The number of hydrogen-bond acceptors (Lipinski definition) is 4. The van der Waals surface area contributed by atoms with Crippen LogP contribution >= 0.6 is 15.9 Å². The molecule has 1 atom stereocenters. The van der Waals surface area contributed by atoms with Crippen LogP contribution < -0.4 is 4.90 Å². The maximum atomic E-state index is 13.3. The fourth-order valence-electron chi connectivity index (χ4n) is 3.67. The molecule has 0 bridgehead atoms. The molecule has 1 amide bonds. The van der Waals surface area contributed by atoms with Crippen molar-refractivity contribution < 1.29 is 14.7 Å². The van der Waals surface area contributed by atoms with E-state index in [1.54, 1.807) is 29.2 Å². The van der Waals surface area contributed by atoms with Crippen molar-refractivity contribution in [1.82, 2.24) is 4.98 Å². The normalized spacial score (nSPS) is 18.0. The Morgan fingerprint density at radius 3 is 2.52 bits per heavy atom. The molecule has 2 aromatic carbocycles. The number of nitrogens with zero attached hydrogens (tertiary/aromatic N) is 2. The molecule has 1 aliphatic heterocycles. The topological polar surface area (TPSA) is 70.5 Å². The molecule has 0 fully saturated rings. The maximum Gasteiger partial charge on any atom is 0.264 e. The van der Waals surface area contributed by atoms with E-state index in [0.29, 0.717) is 29.8 Å². The Bertz CT molecular complexity index is 1060. The molecule has 0 radical (unpaired) electrons. The Morgan fingerprint density at radius 1 is 1.07 bits per heavy atom. The van der Waals surface area contributed by atoms with Gasteiger partial charge >= 0.3 is 0 Å². The fraction of sp³-hybridized carbons (Fsp3) is 0.174. The number of rotatable bonds is 6. The van der Waals surface area contributed by atoms with Crippen LogP contribution in [-0.4, -0.2) is 28.3 Å². The highest BCUT2D eigenvalue weighted by Gasteiger charge is 2.50. The van der Waals surface area contributed by atoms with E-state index in [2.05, 4.69) is 20.9 Å². The highest BCUT2D eigenvalue weighted by molar-refractivity contribution is 9.10. The number of benzene rings is 2. The van der Waals surface area contributed by atoms with Crippen LogP contribution in [-0.2, 0) is 16.8 Å². The van der Waals surface area contributed by atoms with Gasteiger partial charge < -0.3 is 10.0 Å². The fourth-order valence-corrected chi connectivity index (χ4v) is 4.03. The van der Waals surface area contributed by atoms with Gasteiger partial charge in [0.05, 0.1) is 12.1 Å². The third-order valence-electron chi connectivity index (χ3n) is 5.18. The number of halogens is 1. The zero-order valence-electron chi connectivity index (χ0n) is 15.6. The van der Waals surface area contributed by atoms with Gasteiger partial charge in [0.25, 0.3) is 5.91 Å². The molecule has 1 N–H and O–H groups in total. The molecule has 29 heavy (non-hydrogen) atoms. The van der Waals surface area contributed by atoms with Gasteiger partial charge in [-0.05, 0) is 42.3 Å². The largest absolute Gasteiger partial charge is 0.375 e. The van der Waals surface area contributed by atoms with Crippen LogP contribution in [0.4, 0.5) is 5.69 Å². The Balaban J connectivity index is 1.65. The molecule has 0 spiro atoms. The molecule has 0 saturated heterocycles. The van der Waals surface area contributed by atoms with Crippen molar-refractivity contribution in [3.63, 3.8) is 0 Å². The summed E-state index contributed by atoms with van der Waals surface area (Å²) < 4.78 is 0.740. The Morgan fingerprint density at radius 2 is 1.79 bits per heavy atom. The lowest BCUT2D eigenvalue weighted by Gasteiger charge is -2.23. The standard InChI is InChI=1S/C23H19BrN2O3/c24-18-6-7-20-19(14-18)23(29,15-21(27)17-8-11-25-12-9-17)22(28)26(20)13-10-16-4-2-1-3-5-16/h1-9,11-12,14,29H,10,13,15H2/t23-/m0/s1. The molecule has 2 heterocycles. The zero-order valence-corrected chi connectivity index (χ0v) is 17.2. The summed E-state index contributed by atoms with van der Waals surface area (Å²) in [5, 5.41) is 11.4. The quantitative estimate of drug-likeness (QED) is 0.578. The molecule has 146 valence electrons. The second-order valence-corrected chi connectivity index (χ2v) is 7.97. The van der Waals surface area contributed by atoms with Crippen LogP contribution in [0.5, 0.6) is 0 Å². The number of anilines is 1. The number of pyridine rings is 1. The molecule has 4 rings (SSSR count). The minimum atomic E-state index is -1.89. The van der Waals surface area contributed by atoms with Crippen molar-refractivity contribution >= 4 is 33.3 Å². The molecule has 0 unspecified atom stereocenters. The number of aliphatic hydroxyl groups is 1. The van der Waals surface area contributed by atoms with Crippen LogP contribution in [0.25, 0.3) is 0 Å². The van der Waals surface area contributed by atoms with E-state index in [1.165, 1.54) is 12.4 Å². The lowest BCUT2D eigenvalue weighted by atomic mass is 9.88. The van der Waals surface area contributed by atoms with Crippen LogP contribution in [0.2, 0.25) is 0 Å². The molecule has 1 aromatic heterocycles. The second-order valence-electron chi connectivity index (χ2n) is 7.05. The van der Waals surface area contributed by atoms with Gasteiger partial charge in [0, 0.05) is 34.5 Å². The van der Waals surface area contributed by atoms with Gasteiger partial charge in [0.15, 0.2) is 11.4 Å². The lowest BCUT2D eigenvalue weighted by Crippen LogP contribution is -2.42. The summed E-state index contributed by atoms with van der Waals surface area (Å²) in [4.78, 5) is 31.5. The second kappa shape index (κ2) is 7.89. The third-order valence-corrected chi connectivity index (χ3v) is 5.67. The average Bonchev–Trinajstić information content (AvgIpc) is 2.94. The van der Waals surface area contributed by atoms with Crippen LogP contribution in [0.15, 0.2) is 77.5 Å². The van der Waals surface area contributed by atoms with E-state index < -0.39 is 11.5 Å².